The monoisotopic (exact) mass is 906 g/mol. The Balaban J connectivity index is 0.000000238. The lowest BCUT2D eigenvalue weighted by Gasteiger charge is -2.16. The summed E-state index contributed by atoms with van der Waals surface area (Å²) in [6.07, 6.45) is 5.59. The van der Waals surface area contributed by atoms with Crippen molar-refractivity contribution in [3.05, 3.63) is 179 Å². The van der Waals surface area contributed by atoms with Crippen molar-refractivity contribution in [3.63, 3.8) is 0 Å². The molecule has 0 radical (unpaired) electrons. The average molecular weight is 907 g/mol. The van der Waals surface area contributed by atoms with Gasteiger partial charge >= 0.3 is 11.9 Å². The van der Waals surface area contributed by atoms with E-state index in [9.17, 15) is 28.7 Å². The SMILES string of the molecule is CC(N)c1ccc(C(=O)Nc2ccncc2)cc1-c1cccc(C(=O)O)c1.COc1cc(OC(=O)c2cccc(-c3cc(C(=O)Nc4ccncc4F)ccc3C(C)N)c2)cc(OC)c1OC. The molecular weight excluding hydrogens is 860 g/mol. The molecule has 2 aromatic heterocycles. The number of aromatic nitrogens is 2. The van der Waals surface area contributed by atoms with Crippen LogP contribution in [0, 0.1) is 5.82 Å². The predicted octanol–water partition coefficient (Wildman–Crippen LogP) is 9.12. The number of hydrogen-bond donors (Lipinski definition) is 5. The standard InChI is InChI=1S/C30H28FN3O6.C21H19N3O3/c1-17(32)22-9-8-19(29(35)34-25-10-11-33-16-24(25)31)13-23(22)18-6-5-7-20(12-18)30(36)40-21-14-26(37-2)28(39-4)27(15-21)38-3;1-13(22)18-6-5-15(20(25)24-17-7-9-23-10-8-17)12-19(18)14-3-2-4-16(11-14)21(26)27/h5-17H,32H2,1-4H3,(H,33,34,35);2-13H,22H2,1H3,(H,26,27)(H,23,24,25). The van der Waals surface area contributed by atoms with Crippen molar-refractivity contribution in [2.45, 2.75) is 25.9 Å². The fraction of sp³-hybridized carbons (Fsp3) is 0.137. The van der Waals surface area contributed by atoms with Crippen LogP contribution in [-0.4, -0.2) is 60.2 Å². The number of anilines is 2. The molecule has 2 amide bonds. The molecule has 15 nitrogen and oxygen atoms in total. The van der Waals surface area contributed by atoms with E-state index >= 15 is 0 Å². The molecule has 67 heavy (non-hydrogen) atoms. The minimum Gasteiger partial charge on any atom is -0.493 e. The number of benzene rings is 5. The van der Waals surface area contributed by atoms with Crippen LogP contribution in [0.2, 0.25) is 0 Å². The molecule has 0 saturated heterocycles. The minimum atomic E-state index is -1.01. The van der Waals surface area contributed by atoms with E-state index in [0.29, 0.717) is 45.2 Å². The third kappa shape index (κ3) is 11.8. The first-order valence-corrected chi connectivity index (χ1v) is 20.6. The Bertz CT molecular complexity index is 2900. The number of carbonyl (C=O) groups is 4. The van der Waals surface area contributed by atoms with Gasteiger partial charge in [0.2, 0.25) is 5.75 Å². The quantitative estimate of drug-likeness (QED) is 0.0507. The molecule has 0 saturated carbocycles. The molecular formula is C51H47FN6O9. The summed E-state index contributed by atoms with van der Waals surface area (Å²) in [5, 5.41) is 14.6. The van der Waals surface area contributed by atoms with E-state index in [2.05, 4.69) is 20.6 Å². The van der Waals surface area contributed by atoms with Gasteiger partial charge in [-0.1, -0.05) is 36.4 Å². The molecule has 0 aliphatic carbocycles. The number of carboxylic acids is 1. The number of halogens is 1. The zero-order valence-corrected chi connectivity index (χ0v) is 37.1. The fourth-order valence-corrected chi connectivity index (χ4v) is 6.91. The van der Waals surface area contributed by atoms with Crippen LogP contribution in [0.25, 0.3) is 22.3 Å². The summed E-state index contributed by atoms with van der Waals surface area (Å²) in [6, 6.07) is 30.7. The van der Waals surface area contributed by atoms with Crippen LogP contribution in [0.4, 0.5) is 15.8 Å². The Labute approximate surface area is 385 Å². The van der Waals surface area contributed by atoms with Crippen LogP contribution >= 0.6 is 0 Å². The number of amides is 2. The Hall–Kier alpha value is -8.47. The van der Waals surface area contributed by atoms with Crippen molar-refractivity contribution in [3.8, 4) is 45.3 Å². The van der Waals surface area contributed by atoms with E-state index in [-0.39, 0.29) is 46.1 Å². The molecule has 2 atom stereocenters. The first-order chi connectivity index (χ1) is 32.2. The zero-order chi connectivity index (χ0) is 48.2. The number of hydrogen-bond acceptors (Lipinski definition) is 12. The zero-order valence-electron chi connectivity index (χ0n) is 37.1. The number of carboxylic acid groups (broad SMARTS) is 1. The van der Waals surface area contributed by atoms with Crippen LogP contribution in [-0.2, 0) is 0 Å². The first kappa shape index (κ1) is 48.0. The van der Waals surface area contributed by atoms with Gasteiger partial charge in [0.1, 0.15) is 5.75 Å². The highest BCUT2D eigenvalue weighted by Crippen LogP contribution is 2.41. The highest BCUT2D eigenvalue weighted by atomic mass is 19.1. The number of rotatable bonds is 14. The van der Waals surface area contributed by atoms with Crippen molar-refractivity contribution in [1.29, 1.82) is 0 Å². The molecule has 7 aromatic rings. The molecule has 2 unspecified atom stereocenters. The smallest absolute Gasteiger partial charge is 0.343 e. The van der Waals surface area contributed by atoms with Gasteiger partial charge in [-0.25, -0.2) is 14.0 Å². The van der Waals surface area contributed by atoms with E-state index in [1.807, 2.05) is 13.8 Å². The third-order valence-electron chi connectivity index (χ3n) is 10.2. The third-order valence-corrected chi connectivity index (χ3v) is 10.2. The van der Waals surface area contributed by atoms with Gasteiger partial charge in [0.05, 0.1) is 44.3 Å². The molecule has 7 N–H and O–H groups in total. The summed E-state index contributed by atoms with van der Waals surface area (Å²) < 4.78 is 35.6. The molecule has 7 rings (SSSR count). The van der Waals surface area contributed by atoms with Crippen molar-refractivity contribution < 1.29 is 47.6 Å². The summed E-state index contributed by atoms with van der Waals surface area (Å²) in [6.45, 7) is 3.66. The second kappa shape index (κ2) is 21.9. The van der Waals surface area contributed by atoms with Crippen LogP contribution in [0.1, 0.15) is 78.5 Å². The molecule has 0 fully saturated rings. The number of esters is 1. The van der Waals surface area contributed by atoms with Gasteiger partial charge in [0.15, 0.2) is 17.3 Å². The van der Waals surface area contributed by atoms with Gasteiger partial charge in [0.25, 0.3) is 11.8 Å². The lowest BCUT2D eigenvalue weighted by molar-refractivity contribution is 0.0694. The number of methoxy groups -OCH3 is 3. The summed E-state index contributed by atoms with van der Waals surface area (Å²) in [7, 11) is 4.40. The first-order valence-electron chi connectivity index (χ1n) is 20.6. The Morgan fingerprint density at radius 3 is 1.64 bits per heavy atom. The molecule has 5 aromatic carbocycles. The molecule has 0 spiro atoms. The number of nitrogens with one attached hydrogen (secondary N) is 2. The van der Waals surface area contributed by atoms with Gasteiger partial charge in [0, 0.05) is 59.6 Å². The van der Waals surface area contributed by atoms with E-state index in [1.165, 1.54) is 51.8 Å². The fourth-order valence-electron chi connectivity index (χ4n) is 6.91. The highest BCUT2D eigenvalue weighted by molar-refractivity contribution is 6.06. The van der Waals surface area contributed by atoms with Crippen molar-refractivity contribution in [2.75, 3.05) is 32.0 Å². The van der Waals surface area contributed by atoms with E-state index in [4.69, 9.17) is 30.4 Å². The topological polar surface area (TPSA) is 227 Å². The normalized spacial score (nSPS) is 11.5. The van der Waals surface area contributed by atoms with Gasteiger partial charge in [-0.3, -0.25) is 19.6 Å². The lowest BCUT2D eigenvalue weighted by atomic mass is 9.92. The van der Waals surface area contributed by atoms with Crippen LogP contribution in [0.5, 0.6) is 23.0 Å². The number of ether oxygens (including phenoxy) is 4. The van der Waals surface area contributed by atoms with E-state index in [0.717, 1.165) is 22.9 Å². The molecule has 2 heterocycles. The Morgan fingerprint density at radius 1 is 0.612 bits per heavy atom. The minimum absolute atomic E-state index is 0.00866. The highest BCUT2D eigenvalue weighted by Gasteiger charge is 2.20. The van der Waals surface area contributed by atoms with E-state index < -0.39 is 23.7 Å². The van der Waals surface area contributed by atoms with Crippen molar-refractivity contribution in [2.24, 2.45) is 11.5 Å². The average Bonchev–Trinajstić information content (AvgIpc) is 3.34. The maximum atomic E-state index is 14.0. The summed E-state index contributed by atoms with van der Waals surface area (Å²) in [5.74, 6) is -1.83. The number of nitrogens with zero attached hydrogens (tertiary/aromatic N) is 2. The maximum absolute atomic E-state index is 14.0. The Morgan fingerprint density at radius 2 is 1.13 bits per heavy atom. The van der Waals surface area contributed by atoms with Crippen molar-refractivity contribution >= 4 is 35.1 Å². The number of aromatic carboxylic acids is 1. The Kier molecular flexibility index (Phi) is 15.7. The van der Waals surface area contributed by atoms with Crippen molar-refractivity contribution in [1.82, 2.24) is 9.97 Å². The number of carbonyl (C=O) groups excluding carboxylic acids is 3. The largest absolute Gasteiger partial charge is 0.493 e. The lowest BCUT2D eigenvalue weighted by Crippen LogP contribution is -2.14. The van der Waals surface area contributed by atoms with Gasteiger partial charge < -0.3 is 46.2 Å². The number of nitrogens with two attached hydrogens (primary N) is 2. The summed E-state index contributed by atoms with van der Waals surface area (Å²) in [5.41, 5.74) is 18.4. The van der Waals surface area contributed by atoms with Gasteiger partial charge in [-0.2, -0.15) is 0 Å². The van der Waals surface area contributed by atoms with Crippen LogP contribution in [0.15, 0.2) is 140 Å². The predicted molar refractivity (Wildman–Crippen MR) is 251 cm³/mol. The summed E-state index contributed by atoms with van der Waals surface area (Å²) in [4.78, 5) is 57.5. The molecule has 342 valence electrons. The number of pyridine rings is 2. The molecule has 0 aliphatic heterocycles. The molecule has 0 aliphatic rings. The second-order valence-electron chi connectivity index (χ2n) is 14.9. The van der Waals surface area contributed by atoms with Gasteiger partial charge in [-0.05, 0) is 114 Å². The van der Waals surface area contributed by atoms with Crippen LogP contribution in [0.3, 0.4) is 0 Å². The summed E-state index contributed by atoms with van der Waals surface area (Å²) >= 11 is 0. The maximum Gasteiger partial charge on any atom is 0.343 e. The molecule has 16 heteroatoms. The van der Waals surface area contributed by atoms with Crippen LogP contribution < -0.4 is 41.0 Å². The van der Waals surface area contributed by atoms with Gasteiger partial charge in [-0.15, -0.1) is 0 Å². The second-order valence-corrected chi connectivity index (χ2v) is 14.9. The molecule has 0 bridgehead atoms. The van der Waals surface area contributed by atoms with E-state index in [1.54, 1.807) is 103 Å².